The quantitative estimate of drug-likeness (QED) is 0.755. The summed E-state index contributed by atoms with van der Waals surface area (Å²) < 4.78 is 6.38. The van der Waals surface area contributed by atoms with Crippen LogP contribution in [0, 0.1) is 0 Å². The highest BCUT2D eigenvalue weighted by atomic mass is 35.5. The van der Waals surface area contributed by atoms with Gasteiger partial charge < -0.3 is 9.73 Å². The third kappa shape index (κ3) is 4.10. The Hall–Kier alpha value is -0.770. The van der Waals surface area contributed by atoms with Crippen molar-refractivity contribution in [3.63, 3.8) is 0 Å². The predicted octanol–water partition coefficient (Wildman–Crippen LogP) is 5.25. The van der Waals surface area contributed by atoms with Gasteiger partial charge in [-0.15, -0.1) is 11.3 Å². The monoisotopic (exact) mass is 297 g/mol. The molecule has 2 nitrogen and oxygen atoms in total. The zero-order valence-electron chi connectivity index (χ0n) is 11.4. The molecule has 1 N–H and O–H groups in total. The molecule has 0 spiro atoms. The molecule has 0 aliphatic rings. The van der Waals surface area contributed by atoms with E-state index in [4.69, 9.17) is 16.0 Å². The summed E-state index contributed by atoms with van der Waals surface area (Å²) in [6.07, 6.45) is 5.36. The average Bonchev–Trinajstić information content (AvgIpc) is 3.04. The molecule has 104 valence electrons. The fourth-order valence-electron chi connectivity index (χ4n) is 2.12. The first kappa shape index (κ1) is 14.6. The van der Waals surface area contributed by atoms with Crippen molar-refractivity contribution in [2.75, 3.05) is 0 Å². The molecule has 0 aromatic carbocycles. The van der Waals surface area contributed by atoms with Gasteiger partial charge in [-0.25, -0.2) is 0 Å². The third-order valence-corrected chi connectivity index (χ3v) is 4.44. The van der Waals surface area contributed by atoms with Gasteiger partial charge in [0.15, 0.2) is 0 Å². The van der Waals surface area contributed by atoms with Crippen molar-refractivity contribution in [2.45, 2.75) is 45.2 Å². The Balaban J connectivity index is 2.11. The van der Waals surface area contributed by atoms with Gasteiger partial charge in [0.25, 0.3) is 0 Å². The zero-order chi connectivity index (χ0) is 13.7. The van der Waals surface area contributed by atoms with Crippen LogP contribution in [-0.2, 0) is 0 Å². The SMILES string of the molecule is CCCCC(C)NC(c1ccco1)c1ccc(Cl)s1. The molecule has 0 bridgehead atoms. The molecule has 0 radical (unpaired) electrons. The second-order valence-electron chi connectivity index (χ2n) is 4.80. The number of hydrogen-bond acceptors (Lipinski definition) is 3. The Morgan fingerprint density at radius 3 is 2.79 bits per heavy atom. The maximum Gasteiger partial charge on any atom is 0.126 e. The second kappa shape index (κ2) is 7.13. The van der Waals surface area contributed by atoms with E-state index in [1.54, 1.807) is 17.6 Å². The molecule has 2 unspecified atom stereocenters. The molecule has 2 atom stereocenters. The van der Waals surface area contributed by atoms with E-state index in [0.717, 1.165) is 10.1 Å². The van der Waals surface area contributed by atoms with E-state index in [0.29, 0.717) is 6.04 Å². The minimum Gasteiger partial charge on any atom is -0.467 e. The lowest BCUT2D eigenvalue weighted by Crippen LogP contribution is -2.30. The van der Waals surface area contributed by atoms with Gasteiger partial charge in [0, 0.05) is 10.9 Å². The normalized spacial score (nSPS) is 14.5. The molecule has 2 aromatic rings. The molecular weight excluding hydrogens is 278 g/mol. The minimum absolute atomic E-state index is 0.0966. The van der Waals surface area contributed by atoms with Crippen molar-refractivity contribution >= 4 is 22.9 Å². The van der Waals surface area contributed by atoms with Crippen LogP contribution in [0.2, 0.25) is 4.34 Å². The molecular formula is C15H20ClNOS. The number of halogens is 1. The van der Waals surface area contributed by atoms with Gasteiger partial charge in [-0.1, -0.05) is 31.4 Å². The fraction of sp³-hybridized carbons (Fsp3) is 0.467. The Bertz CT molecular complexity index is 480. The summed E-state index contributed by atoms with van der Waals surface area (Å²) in [5.74, 6) is 0.946. The van der Waals surface area contributed by atoms with Crippen LogP contribution in [0.1, 0.15) is 49.8 Å². The topological polar surface area (TPSA) is 25.2 Å². The Kier molecular flexibility index (Phi) is 5.49. The molecule has 0 saturated carbocycles. The van der Waals surface area contributed by atoms with Gasteiger partial charge in [-0.2, -0.15) is 0 Å². The van der Waals surface area contributed by atoms with Gasteiger partial charge in [0.2, 0.25) is 0 Å². The van der Waals surface area contributed by atoms with E-state index in [9.17, 15) is 0 Å². The van der Waals surface area contributed by atoms with E-state index in [1.165, 1.54) is 24.1 Å². The minimum atomic E-state index is 0.0966. The summed E-state index contributed by atoms with van der Waals surface area (Å²) >= 11 is 7.65. The zero-order valence-corrected chi connectivity index (χ0v) is 12.9. The lowest BCUT2D eigenvalue weighted by atomic mass is 10.1. The van der Waals surface area contributed by atoms with Crippen LogP contribution < -0.4 is 5.32 Å². The first-order valence-electron chi connectivity index (χ1n) is 6.75. The van der Waals surface area contributed by atoms with E-state index in [-0.39, 0.29) is 6.04 Å². The lowest BCUT2D eigenvalue weighted by molar-refractivity contribution is 0.402. The Morgan fingerprint density at radius 2 is 2.21 bits per heavy atom. The molecule has 4 heteroatoms. The van der Waals surface area contributed by atoms with Gasteiger partial charge in [0.1, 0.15) is 11.8 Å². The number of unbranched alkanes of at least 4 members (excludes halogenated alkanes) is 1. The van der Waals surface area contributed by atoms with E-state index >= 15 is 0 Å². The van der Waals surface area contributed by atoms with Crippen molar-refractivity contribution in [1.82, 2.24) is 5.32 Å². The summed E-state index contributed by atoms with van der Waals surface area (Å²) in [4.78, 5) is 1.20. The van der Waals surface area contributed by atoms with Gasteiger partial charge >= 0.3 is 0 Å². The highest BCUT2D eigenvalue weighted by Gasteiger charge is 2.20. The molecule has 2 rings (SSSR count). The van der Waals surface area contributed by atoms with Gasteiger partial charge in [0.05, 0.1) is 10.6 Å². The number of rotatable bonds is 7. The summed E-state index contributed by atoms with van der Waals surface area (Å²) in [6, 6.07) is 8.50. The largest absolute Gasteiger partial charge is 0.467 e. The van der Waals surface area contributed by atoms with Crippen LogP contribution in [0.25, 0.3) is 0 Å². The molecule has 19 heavy (non-hydrogen) atoms. The first-order valence-corrected chi connectivity index (χ1v) is 7.94. The number of hydrogen-bond donors (Lipinski definition) is 1. The highest BCUT2D eigenvalue weighted by Crippen LogP contribution is 2.31. The number of thiophene rings is 1. The molecule has 0 saturated heterocycles. The van der Waals surface area contributed by atoms with Crippen molar-refractivity contribution in [1.29, 1.82) is 0 Å². The maximum absolute atomic E-state index is 6.05. The number of nitrogens with one attached hydrogen (secondary N) is 1. The van der Waals surface area contributed by atoms with E-state index < -0.39 is 0 Å². The van der Waals surface area contributed by atoms with Crippen molar-refractivity contribution < 1.29 is 4.42 Å². The standard InChI is InChI=1S/C15H20ClNOS/c1-3-4-6-11(2)17-15(12-7-5-10-18-12)13-8-9-14(16)19-13/h5,7-11,15,17H,3-4,6H2,1-2H3. The molecule has 0 aliphatic carbocycles. The fourth-order valence-corrected chi connectivity index (χ4v) is 3.25. The second-order valence-corrected chi connectivity index (χ2v) is 6.55. The third-order valence-electron chi connectivity index (χ3n) is 3.15. The van der Waals surface area contributed by atoms with Crippen LogP contribution >= 0.6 is 22.9 Å². The summed E-state index contributed by atoms with van der Waals surface area (Å²) in [7, 11) is 0. The lowest BCUT2D eigenvalue weighted by Gasteiger charge is -2.21. The van der Waals surface area contributed by atoms with Gasteiger partial charge in [-0.05, 0) is 37.6 Å². The Morgan fingerprint density at radius 1 is 1.37 bits per heavy atom. The summed E-state index contributed by atoms with van der Waals surface area (Å²) in [5.41, 5.74) is 0. The Labute approximate surface area is 123 Å². The van der Waals surface area contributed by atoms with Crippen LogP contribution in [-0.4, -0.2) is 6.04 Å². The maximum atomic E-state index is 6.05. The van der Waals surface area contributed by atoms with Crippen LogP contribution in [0.5, 0.6) is 0 Å². The predicted molar refractivity (Wildman–Crippen MR) is 82.0 cm³/mol. The summed E-state index contributed by atoms with van der Waals surface area (Å²) in [6.45, 7) is 4.44. The molecule has 2 aromatic heterocycles. The average molecular weight is 298 g/mol. The van der Waals surface area contributed by atoms with Crippen molar-refractivity contribution in [3.05, 3.63) is 45.5 Å². The molecule has 0 amide bonds. The molecule has 2 heterocycles. The highest BCUT2D eigenvalue weighted by molar-refractivity contribution is 7.16. The van der Waals surface area contributed by atoms with Crippen LogP contribution in [0.3, 0.4) is 0 Å². The van der Waals surface area contributed by atoms with Crippen molar-refractivity contribution in [2.24, 2.45) is 0 Å². The van der Waals surface area contributed by atoms with Crippen LogP contribution in [0.15, 0.2) is 34.9 Å². The number of furan rings is 1. The smallest absolute Gasteiger partial charge is 0.126 e. The molecule has 0 fully saturated rings. The van der Waals surface area contributed by atoms with Gasteiger partial charge in [-0.3, -0.25) is 0 Å². The summed E-state index contributed by atoms with van der Waals surface area (Å²) in [5, 5.41) is 3.64. The molecule has 0 aliphatic heterocycles. The van der Waals surface area contributed by atoms with E-state index in [2.05, 4.69) is 25.2 Å². The first-order chi connectivity index (χ1) is 9.20. The van der Waals surface area contributed by atoms with E-state index in [1.807, 2.05) is 18.2 Å². The van der Waals surface area contributed by atoms with Crippen molar-refractivity contribution in [3.8, 4) is 0 Å². The van der Waals surface area contributed by atoms with Crippen LogP contribution in [0.4, 0.5) is 0 Å².